The van der Waals surface area contributed by atoms with E-state index in [0.29, 0.717) is 30.2 Å². The molecule has 0 bridgehead atoms. The molecule has 0 spiro atoms. The van der Waals surface area contributed by atoms with E-state index in [1.165, 1.54) is 14.2 Å². The van der Waals surface area contributed by atoms with Crippen LogP contribution < -0.4 is 14.8 Å². The van der Waals surface area contributed by atoms with Crippen molar-refractivity contribution in [1.29, 1.82) is 0 Å². The molecule has 1 aliphatic heterocycles. The van der Waals surface area contributed by atoms with Crippen molar-refractivity contribution in [2.24, 2.45) is 0 Å². The highest BCUT2D eigenvalue weighted by Crippen LogP contribution is 2.36. The summed E-state index contributed by atoms with van der Waals surface area (Å²) in [6, 6.07) is 4.05. The molecule has 1 heterocycles. The first-order valence-corrected chi connectivity index (χ1v) is 6.62. The van der Waals surface area contributed by atoms with Crippen LogP contribution >= 0.6 is 24.8 Å². The molecule has 1 aromatic carbocycles. The third-order valence-corrected chi connectivity index (χ3v) is 3.54. The van der Waals surface area contributed by atoms with Crippen molar-refractivity contribution in [3.8, 4) is 11.5 Å². The van der Waals surface area contributed by atoms with E-state index in [1.54, 1.807) is 23.1 Å². The summed E-state index contributed by atoms with van der Waals surface area (Å²) in [7, 11) is 3.02. The summed E-state index contributed by atoms with van der Waals surface area (Å²) in [5.74, 6) is 1.03. The predicted octanol–water partition coefficient (Wildman–Crippen LogP) is 2.76. The van der Waals surface area contributed by atoms with Crippen LogP contribution in [0, 0.1) is 0 Å². The normalized spacial score (nSPS) is 16.4. The molecule has 1 aromatic rings. The number of rotatable bonds is 5. The number of hydrogen-bond acceptors (Lipinski definition) is 4. The number of piperazine rings is 1. The Morgan fingerprint density at radius 3 is 2.23 bits per heavy atom. The van der Waals surface area contributed by atoms with Crippen LogP contribution in [0.25, 0.3) is 0 Å². The minimum Gasteiger partial charge on any atom is -0.497 e. The van der Waals surface area contributed by atoms with E-state index in [-0.39, 0.29) is 24.8 Å². The van der Waals surface area contributed by atoms with Crippen LogP contribution in [-0.4, -0.2) is 51.7 Å². The fraction of sp³-hybridized carbons (Fsp3) is 0.571. The van der Waals surface area contributed by atoms with Gasteiger partial charge in [-0.3, -0.25) is 4.90 Å². The van der Waals surface area contributed by atoms with Crippen molar-refractivity contribution in [1.82, 2.24) is 10.2 Å². The number of nitrogens with one attached hydrogen (secondary N) is 1. The zero-order valence-corrected chi connectivity index (χ0v) is 14.2. The van der Waals surface area contributed by atoms with E-state index in [1.807, 2.05) is 0 Å². The van der Waals surface area contributed by atoms with Gasteiger partial charge in [0.1, 0.15) is 11.5 Å². The molecule has 1 saturated heterocycles. The number of alkyl halides is 2. The molecule has 4 nitrogen and oxygen atoms in total. The van der Waals surface area contributed by atoms with Crippen molar-refractivity contribution in [3.05, 3.63) is 23.8 Å². The van der Waals surface area contributed by atoms with E-state index < -0.39 is 12.5 Å². The largest absolute Gasteiger partial charge is 0.497 e. The van der Waals surface area contributed by atoms with Crippen molar-refractivity contribution in [2.45, 2.75) is 12.5 Å². The number of hydrogen-bond donors (Lipinski definition) is 1. The maximum Gasteiger partial charge on any atom is 0.258 e. The van der Waals surface area contributed by atoms with Gasteiger partial charge in [-0.05, 0) is 12.1 Å². The second-order valence-electron chi connectivity index (χ2n) is 4.67. The first-order chi connectivity index (χ1) is 9.67. The van der Waals surface area contributed by atoms with Gasteiger partial charge in [-0.2, -0.15) is 0 Å². The Labute approximate surface area is 142 Å². The smallest absolute Gasteiger partial charge is 0.258 e. The average molecular weight is 359 g/mol. The summed E-state index contributed by atoms with van der Waals surface area (Å²) in [6.45, 7) is 2.65. The Morgan fingerprint density at radius 2 is 1.73 bits per heavy atom. The molecular formula is C14H22Cl2F2N2O2. The lowest BCUT2D eigenvalue weighted by atomic mass is 10.0. The maximum atomic E-state index is 13.5. The van der Waals surface area contributed by atoms with E-state index in [2.05, 4.69) is 5.32 Å². The molecule has 0 aliphatic carbocycles. The van der Waals surface area contributed by atoms with E-state index in [0.717, 1.165) is 13.1 Å². The van der Waals surface area contributed by atoms with Gasteiger partial charge in [0.15, 0.2) is 0 Å². The van der Waals surface area contributed by atoms with Crippen LogP contribution in [0.2, 0.25) is 0 Å². The summed E-state index contributed by atoms with van der Waals surface area (Å²) in [4.78, 5) is 1.80. The van der Waals surface area contributed by atoms with E-state index in [4.69, 9.17) is 9.47 Å². The zero-order chi connectivity index (χ0) is 14.5. The minimum absolute atomic E-state index is 0. The lowest BCUT2D eigenvalue weighted by Crippen LogP contribution is -2.47. The first-order valence-electron chi connectivity index (χ1n) is 6.62. The second-order valence-corrected chi connectivity index (χ2v) is 4.67. The fourth-order valence-electron chi connectivity index (χ4n) is 2.51. The Balaban J connectivity index is 0.00000220. The number of ether oxygens (including phenoxy) is 2. The first kappa shape index (κ1) is 21.2. The molecule has 1 fully saturated rings. The SMILES string of the molecule is COc1ccc([C@@H](C(F)F)N2CCNCC2)c(OC)c1.Cl.Cl. The van der Waals surface area contributed by atoms with Crippen molar-refractivity contribution in [2.75, 3.05) is 40.4 Å². The molecule has 22 heavy (non-hydrogen) atoms. The van der Waals surface area contributed by atoms with Crippen molar-refractivity contribution < 1.29 is 18.3 Å². The lowest BCUT2D eigenvalue weighted by molar-refractivity contribution is 0.0170. The molecule has 1 N–H and O–H groups in total. The third kappa shape index (κ3) is 4.84. The lowest BCUT2D eigenvalue weighted by Gasteiger charge is -2.35. The minimum atomic E-state index is -2.46. The molecule has 0 aromatic heterocycles. The highest BCUT2D eigenvalue weighted by atomic mass is 35.5. The third-order valence-electron chi connectivity index (χ3n) is 3.54. The fourth-order valence-corrected chi connectivity index (χ4v) is 2.51. The van der Waals surface area contributed by atoms with Crippen LogP contribution in [0.5, 0.6) is 11.5 Å². The van der Waals surface area contributed by atoms with Gasteiger partial charge >= 0.3 is 0 Å². The Morgan fingerprint density at radius 1 is 1.09 bits per heavy atom. The molecule has 2 rings (SSSR count). The molecule has 0 saturated carbocycles. The van der Waals surface area contributed by atoms with Gasteiger partial charge in [0.2, 0.25) is 0 Å². The Hall–Kier alpha value is -0.820. The Bertz CT molecular complexity index is 447. The summed E-state index contributed by atoms with van der Waals surface area (Å²) in [5.41, 5.74) is 0.505. The van der Waals surface area contributed by atoms with Crippen molar-refractivity contribution in [3.63, 3.8) is 0 Å². The van der Waals surface area contributed by atoms with Crippen LogP contribution in [0.1, 0.15) is 11.6 Å². The van der Waals surface area contributed by atoms with Crippen LogP contribution in [-0.2, 0) is 0 Å². The highest BCUT2D eigenvalue weighted by Gasteiger charge is 2.32. The zero-order valence-electron chi connectivity index (χ0n) is 12.6. The van der Waals surface area contributed by atoms with Crippen molar-refractivity contribution >= 4 is 24.8 Å². The van der Waals surface area contributed by atoms with Gasteiger partial charge in [0, 0.05) is 37.8 Å². The summed E-state index contributed by atoms with van der Waals surface area (Å²) >= 11 is 0. The number of nitrogens with zero attached hydrogens (tertiary/aromatic N) is 1. The average Bonchev–Trinajstić information content (AvgIpc) is 2.48. The van der Waals surface area contributed by atoms with Gasteiger partial charge in [-0.15, -0.1) is 24.8 Å². The van der Waals surface area contributed by atoms with Crippen LogP contribution in [0.15, 0.2) is 18.2 Å². The molecular weight excluding hydrogens is 337 g/mol. The molecule has 8 heteroatoms. The van der Waals surface area contributed by atoms with Gasteiger partial charge in [-0.25, -0.2) is 8.78 Å². The summed E-state index contributed by atoms with van der Waals surface area (Å²) < 4.78 is 37.4. The number of methoxy groups -OCH3 is 2. The standard InChI is InChI=1S/C14H20F2N2O2.2ClH/c1-19-10-3-4-11(12(9-10)20-2)13(14(15)16)18-7-5-17-6-8-18;;/h3-4,9,13-14,17H,5-8H2,1-2H3;2*1H/t13-;;/m0../s1. The predicted molar refractivity (Wildman–Crippen MR) is 87.2 cm³/mol. The monoisotopic (exact) mass is 358 g/mol. The molecule has 0 radical (unpaired) electrons. The molecule has 0 unspecified atom stereocenters. The Kier molecular flexibility index (Phi) is 9.67. The molecule has 128 valence electrons. The molecule has 1 aliphatic rings. The number of benzene rings is 1. The number of halogens is 4. The molecule has 0 amide bonds. The summed E-state index contributed by atoms with van der Waals surface area (Å²) in [6.07, 6.45) is -2.46. The van der Waals surface area contributed by atoms with Gasteiger partial charge in [-0.1, -0.05) is 0 Å². The quantitative estimate of drug-likeness (QED) is 0.877. The topological polar surface area (TPSA) is 33.7 Å². The van der Waals surface area contributed by atoms with E-state index >= 15 is 0 Å². The van der Waals surface area contributed by atoms with Crippen LogP contribution in [0.4, 0.5) is 8.78 Å². The van der Waals surface area contributed by atoms with Gasteiger partial charge in [0.05, 0.1) is 20.3 Å². The van der Waals surface area contributed by atoms with Gasteiger partial charge in [0.25, 0.3) is 6.43 Å². The van der Waals surface area contributed by atoms with Crippen LogP contribution in [0.3, 0.4) is 0 Å². The maximum absolute atomic E-state index is 13.5. The highest BCUT2D eigenvalue weighted by molar-refractivity contribution is 5.85. The van der Waals surface area contributed by atoms with E-state index in [9.17, 15) is 8.78 Å². The molecule has 1 atom stereocenters. The second kappa shape index (κ2) is 10.0. The van der Waals surface area contributed by atoms with Gasteiger partial charge < -0.3 is 14.8 Å². The summed E-state index contributed by atoms with van der Waals surface area (Å²) in [5, 5.41) is 3.17.